The summed E-state index contributed by atoms with van der Waals surface area (Å²) in [4.78, 5) is 0.374. The first-order valence-corrected chi connectivity index (χ1v) is 5.56. The highest BCUT2D eigenvalue weighted by atomic mass is 79.9. The first-order valence-electron chi connectivity index (χ1n) is 4.36. The van der Waals surface area contributed by atoms with Crippen LogP contribution in [-0.4, -0.2) is 25.3 Å². The fourth-order valence-electron chi connectivity index (χ4n) is 1.01. The second-order valence-electron chi connectivity index (χ2n) is 2.85. The summed E-state index contributed by atoms with van der Waals surface area (Å²) in [5, 5.41) is 0. The molecule has 1 aromatic rings. The molecule has 2 N–H and O–H groups in total. The van der Waals surface area contributed by atoms with Crippen LogP contribution in [0.15, 0.2) is 22.7 Å². The normalized spacial score (nSPS) is 10.0. The Balaban J connectivity index is 2.70. The topological polar surface area (TPSA) is 44.5 Å². The highest BCUT2D eigenvalue weighted by Gasteiger charge is 2.03. The summed E-state index contributed by atoms with van der Waals surface area (Å²) in [6, 6.07) is 5.49. The highest BCUT2D eigenvalue weighted by Crippen LogP contribution is 2.25. The van der Waals surface area contributed by atoms with Crippen LogP contribution in [0.5, 0.6) is 5.75 Å². The zero-order valence-corrected chi connectivity index (χ0v) is 10.7. The molecule has 0 aliphatic heterocycles. The lowest BCUT2D eigenvalue weighted by atomic mass is 10.2. The summed E-state index contributed by atoms with van der Waals surface area (Å²) in [6.07, 6.45) is 0. The Morgan fingerprint density at radius 2 is 2.20 bits per heavy atom. The van der Waals surface area contributed by atoms with Crippen LogP contribution in [0.25, 0.3) is 0 Å². The van der Waals surface area contributed by atoms with E-state index in [9.17, 15) is 0 Å². The smallest absolute Gasteiger partial charge is 0.133 e. The van der Waals surface area contributed by atoms with Crippen LogP contribution in [0.3, 0.4) is 0 Å². The van der Waals surface area contributed by atoms with Gasteiger partial charge in [-0.3, -0.25) is 0 Å². The maximum atomic E-state index is 5.50. The Morgan fingerprint density at radius 1 is 1.47 bits per heavy atom. The van der Waals surface area contributed by atoms with E-state index in [-0.39, 0.29) is 0 Å². The lowest BCUT2D eigenvalue weighted by Crippen LogP contribution is -2.10. The van der Waals surface area contributed by atoms with Crippen LogP contribution < -0.4 is 10.5 Å². The van der Waals surface area contributed by atoms with Crippen LogP contribution in [0.4, 0.5) is 0 Å². The molecule has 0 unspecified atom stereocenters. The second-order valence-corrected chi connectivity index (χ2v) is 4.14. The maximum Gasteiger partial charge on any atom is 0.133 e. The summed E-state index contributed by atoms with van der Waals surface area (Å²) < 4.78 is 11.2. The molecular formula is C10H12BrNO2S. The van der Waals surface area contributed by atoms with Gasteiger partial charge in [0.15, 0.2) is 0 Å². The number of halogens is 1. The van der Waals surface area contributed by atoms with Gasteiger partial charge in [0.1, 0.15) is 17.3 Å². The number of hydrogen-bond donors (Lipinski definition) is 1. The van der Waals surface area contributed by atoms with Gasteiger partial charge in [0.2, 0.25) is 0 Å². The van der Waals surface area contributed by atoms with Crippen molar-refractivity contribution in [3.8, 4) is 5.75 Å². The standard InChI is InChI=1S/C10H12BrNO2S/c1-13-4-5-14-9-3-2-7(10(12)15)6-8(9)11/h2-3,6H,4-5H2,1H3,(H2,12,15). The predicted molar refractivity (Wildman–Crippen MR) is 67.4 cm³/mol. The molecule has 15 heavy (non-hydrogen) atoms. The molecule has 0 atom stereocenters. The van der Waals surface area contributed by atoms with Crippen molar-refractivity contribution in [3.05, 3.63) is 28.2 Å². The van der Waals surface area contributed by atoms with Crippen LogP contribution in [0, 0.1) is 0 Å². The van der Waals surface area contributed by atoms with Gasteiger partial charge in [0, 0.05) is 12.7 Å². The molecular weight excluding hydrogens is 278 g/mol. The molecule has 5 heteroatoms. The molecule has 0 heterocycles. The van der Waals surface area contributed by atoms with Gasteiger partial charge in [0.25, 0.3) is 0 Å². The summed E-state index contributed by atoms with van der Waals surface area (Å²) in [5.74, 6) is 0.757. The number of ether oxygens (including phenoxy) is 2. The van der Waals surface area contributed by atoms with Crippen LogP contribution >= 0.6 is 28.1 Å². The number of methoxy groups -OCH3 is 1. The third kappa shape index (κ3) is 3.77. The maximum absolute atomic E-state index is 5.50. The van der Waals surface area contributed by atoms with E-state index in [0.717, 1.165) is 15.8 Å². The van der Waals surface area contributed by atoms with Crippen molar-refractivity contribution in [2.45, 2.75) is 0 Å². The molecule has 0 amide bonds. The van der Waals surface area contributed by atoms with Crippen molar-refractivity contribution in [2.75, 3.05) is 20.3 Å². The number of nitrogens with two attached hydrogens (primary N) is 1. The third-order valence-corrected chi connectivity index (χ3v) is 2.62. The minimum absolute atomic E-state index is 0.374. The summed E-state index contributed by atoms with van der Waals surface area (Å²) in [5.41, 5.74) is 6.32. The van der Waals surface area contributed by atoms with E-state index < -0.39 is 0 Å². The lowest BCUT2D eigenvalue weighted by molar-refractivity contribution is 0.146. The molecule has 1 rings (SSSR count). The van der Waals surface area contributed by atoms with Crippen molar-refractivity contribution in [1.82, 2.24) is 0 Å². The number of benzene rings is 1. The van der Waals surface area contributed by atoms with Gasteiger partial charge in [-0.15, -0.1) is 0 Å². The molecule has 1 aromatic carbocycles. The molecule has 0 aromatic heterocycles. The molecule has 0 saturated heterocycles. The summed E-state index contributed by atoms with van der Waals surface area (Å²) in [6.45, 7) is 1.07. The van der Waals surface area contributed by atoms with Gasteiger partial charge in [-0.25, -0.2) is 0 Å². The summed E-state index contributed by atoms with van der Waals surface area (Å²) in [7, 11) is 1.63. The van der Waals surface area contributed by atoms with Crippen molar-refractivity contribution in [2.24, 2.45) is 5.73 Å². The van der Waals surface area contributed by atoms with E-state index in [4.69, 9.17) is 27.4 Å². The largest absolute Gasteiger partial charge is 0.490 e. The fraction of sp³-hybridized carbons (Fsp3) is 0.300. The Morgan fingerprint density at radius 3 is 2.73 bits per heavy atom. The van der Waals surface area contributed by atoms with Crippen molar-refractivity contribution < 1.29 is 9.47 Å². The number of rotatable bonds is 5. The van der Waals surface area contributed by atoms with Gasteiger partial charge >= 0.3 is 0 Å². The predicted octanol–water partition coefficient (Wildman–Crippen LogP) is 2.11. The van der Waals surface area contributed by atoms with Gasteiger partial charge < -0.3 is 15.2 Å². The Kier molecular flexibility index (Phi) is 5.01. The van der Waals surface area contributed by atoms with E-state index in [2.05, 4.69) is 15.9 Å². The monoisotopic (exact) mass is 289 g/mol. The number of hydrogen-bond acceptors (Lipinski definition) is 3. The average molecular weight is 290 g/mol. The molecule has 0 spiro atoms. The SMILES string of the molecule is COCCOc1ccc(C(N)=S)cc1Br. The van der Waals surface area contributed by atoms with E-state index in [1.807, 2.05) is 18.2 Å². The van der Waals surface area contributed by atoms with Crippen LogP contribution in [0.1, 0.15) is 5.56 Å². The Bertz CT molecular complexity index is 357. The summed E-state index contributed by atoms with van der Waals surface area (Å²) >= 11 is 8.25. The van der Waals surface area contributed by atoms with Crippen LogP contribution in [0.2, 0.25) is 0 Å². The van der Waals surface area contributed by atoms with E-state index in [0.29, 0.717) is 18.2 Å². The molecule has 82 valence electrons. The average Bonchev–Trinajstić information content (AvgIpc) is 2.20. The fourth-order valence-corrected chi connectivity index (χ4v) is 1.63. The van der Waals surface area contributed by atoms with E-state index >= 15 is 0 Å². The Hall–Kier alpha value is -0.650. The quantitative estimate of drug-likeness (QED) is 0.666. The molecule has 0 bridgehead atoms. The van der Waals surface area contributed by atoms with Crippen molar-refractivity contribution in [1.29, 1.82) is 0 Å². The molecule has 0 saturated carbocycles. The van der Waals surface area contributed by atoms with Gasteiger partial charge in [-0.1, -0.05) is 12.2 Å². The first kappa shape index (κ1) is 12.4. The van der Waals surface area contributed by atoms with Crippen LogP contribution in [-0.2, 0) is 4.74 Å². The molecule has 0 fully saturated rings. The third-order valence-electron chi connectivity index (χ3n) is 1.76. The van der Waals surface area contributed by atoms with Crippen molar-refractivity contribution in [3.63, 3.8) is 0 Å². The van der Waals surface area contributed by atoms with Crippen molar-refractivity contribution >= 4 is 33.1 Å². The zero-order chi connectivity index (χ0) is 11.3. The minimum Gasteiger partial charge on any atom is -0.490 e. The molecule has 3 nitrogen and oxygen atoms in total. The first-order chi connectivity index (χ1) is 7.15. The minimum atomic E-state index is 0.374. The van der Waals surface area contributed by atoms with Gasteiger partial charge in [-0.2, -0.15) is 0 Å². The van der Waals surface area contributed by atoms with E-state index in [1.165, 1.54) is 0 Å². The highest BCUT2D eigenvalue weighted by molar-refractivity contribution is 9.10. The Labute approximate surface area is 103 Å². The second kappa shape index (κ2) is 6.05. The molecule has 0 radical (unpaired) electrons. The van der Waals surface area contributed by atoms with Gasteiger partial charge in [0.05, 0.1) is 11.1 Å². The lowest BCUT2D eigenvalue weighted by Gasteiger charge is -2.08. The number of thiocarbonyl (C=S) groups is 1. The molecule has 0 aliphatic rings. The molecule has 0 aliphatic carbocycles. The zero-order valence-electron chi connectivity index (χ0n) is 8.33. The van der Waals surface area contributed by atoms with Gasteiger partial charge in [-0.05, 0) is 34.1 Å². The van der Waals surface area contributed by atoms with E-state index in [1.54, 1.807) is 7.11 Å².